The lowest BCUT2D eigenvalue weighted by Crippen LogP contribution is -2.41. The smallest absolute Gasteiger partial charge is 0.317 e. The fourth-order valence-electron chi connectivity index (χ4n) is 1.39. The first kappa shape index (κ1) is 13.0. The van der Waals surface area contributed by atoms with Crippen molar-refractivity contribution >= 4 is 17.4 Å². The minimum atomic E-state index is -0.107. The summed E-state index contributed by atoms with van der Waals surface area (Å²) < 4.78 is 0. The van der Waals surface area contributed by atoms with Gasteiger partial charge in [0.25, 0.3) is 0 Å². The molecule has 5 heteroatoms. The van der Waals surface area contributed by atoms with Crippen molar-refractivity contribution in [1.29, 1.82) is 0 Å². The Labute approximate surface area is 99.9 Å². The third-order valence-electron chi connectivity index (χ3n) is 2.14. The van der Waals surface area contributed by atoms with Crippen molar-refractivity contribution in [2.75, 3.05) is 19.7 Å². The Morgan fingerprint density at radius 2 is 2.38 bits per heavy atom. The topological polar surface area (TPSA) is 52.6 Å². The fraction of sp³-hybridized carbons (Fsp3) is 0.545. The summed E-state index contributed by atoms with van der Waals surface area (Å²) in [5, 5.41) is 13.7. The summed E-state index contributed by atoms with van der Waals surface area (Å²) in [6.07, 6.45) is 0.895. The standard InChI is InChI=1S/C11H18N2O2S/c1-2-5-13(6-7-14)11(15)12-9-10-4-3-8-16-10/h3-4,8,14H,2,5-7,9H2,1H3,(H,12,15). The van der Waals surface area contributed by atoms with Crippen molar-refractivity contribution in [3.63, 3.8) is 0 Å². The lowest BCUT2D eigenvalue weighted by Gasteiger charge is -2.21. The van der Waals surface area contributed by atoms with E-state index in [4.69, 9.17) is 5.11 Å². The van der Waals surface area contributed by atoms with Gasteiger partial charge in [0.1, 0.15) is 0 Å². The number of carbonyl (C=O) groups is 1. The summed E-state index contributed by atoms with van der Waals surface area (Å²) in [5.41, 5.74) is 0. The van der Waals surface area contributed by atoms with Crippen LogP contribution in [-0.4, -0.2) is 35.7 Å². The van der Waals surface area contributed by atoms with E-state index in [1.807, 2.05) is 24.4 Å². The predicted octanol–water partition coefficient (Wildman–Crippen LogP) is 1.66. The number of urea groups is 1. The van der Waals surface area contributed by atoms with E-state index in [0.717, 1.165) is 11.3 Å². The minimum absolute atomic E-state index is 0.00637. The van der Waals surface area contributed by atoms with Gasteiger partial charge in [-0.25, -0.2) is 4.79 Å². The molecule has 0 aliphatic heterocycles. The van der Waals surface area contributed by atoms with Crippen LogP contribution in [0, 0.1) is 0 Å². The number of carbonyl (C=O) groups excluding carboxylic acids is 1. The largest absolute Gasteiger partial charge is 0.395 e. The number of amides is 2. The Kier molecular flexibility index (Phi) is 5.88. The van der Waals surface area contributed by atoms with Crippen molar-refractivity contribution in [3.8, 4) is 0 Å². The van der Waals surface area contributed by atoms with Crippen molar-refractivity contribution in [2.24, 2.45) is 0 Å². The molecule has 0 saturated heterocycles. The molecular formula is C11H18N2O2S. The molecule has 0 aliphatic carbocycles. The molecule has 90 valence electrons. The van der Waals surface area contributed by atoms with Gasteiger partial charge in [0.05, 0.1) is 13.2 Å². The van der Waals surface area contributed by atoms with Crippen molar-refractivity contribution < 1.29 is 9.90 Å². The summed E-state index contributed by atoms with van der Waals surface area (Å²) in [4.78, 5) is 14.5. The number of hydrogen-bond donors (Lipinski definition) is 2. The van der Waals surface area contributed by atoms with E-state index in [2.05, 4.69) is 5.32 Å². The summed E-state index contributed by atoms with van der Waals surface area (Å²) in [5.74, 6) is 0. The highest BCUT2D eigenvalue weighted by Crippen LogP contribution is 2.07. The minimum Gasteiger partial charge on any atom is -0.395 e. The van der Waals surface area contributed by atoms with Gasteiger partial charge in [0.2, 0.25) is 0 Å². The Morgan fingerprint density at radius 3 is 2.94 bits per heavy atom. The van der Waals surface area contributed by atoms with Gasteiger partial charge >= 0.3 is 6.03 Å². The Balaban J connectivity index is 2.36. The summed E-state index contributed by atoms with van der Waals surface area (Å²) in [7, 11) is 0. The molecule has 0 aliphatic rings. The number of nitrogens with one attached hydrogen (secondary N) is 1. The van der Waals surface area contributed by atoms with Crippen LogP contribution in [0.5, 0.6) is 0 Å². The number of aliphatic hydroxyl groups excluding tert-OH is 1. The molecular weight excluding hydrogens is 224 g/mol. The van der Waals surface area contributed by atoms with Crippen molar-refractivity contribution in [1.82, 2.24) is 10.2 Å². The highest BCUT2D eigenvalue weighted by molar-refractivity contribution is 7.09. The molecule has 1 aromatic rings. The first-order valence-corrected chi connectivity index (χ1v) is 6.32. The van der Waals surface area contributed by atoms with Crippen LogP contribution in [0.2, 0.25) is 0 Å². The van der Waals surface area contributed by atoms with Crippen LogP contribution in [-0.2, 0) is 6.54 Å². The van der Waals surface area contributed by atoms with Crippen LogP contribution in [0.3, 0.4) is 0 Å². The maximum absolute atomic E-state index is 11.7. The van der Waals surface area contributed by atoms with E-state index >= 15 is 0 Å². The highest BCUT2D eigenvalue weighted by atomic mass is 32.1. The molecule has 0 saturated carbocycles. The van der Waals surface area contributed by atoms with Gasteiger partial charge in [0, 0.05) is 18.0 Å². The maximum atomic E-state index is 11.7. The number of thiophene rings is 1. The molecule has 0 atom stereocenters. The van der Waals surface area contributed by atoms with Crippen LogP contribution < -0.4 is 5.32 Å². The van der Waals surface area contributed by atoms with Gasteiger partial charge in [0.15, 0.2) is 0 Å². The van der Waals surface area contributed by atoms with Gasteiger partial charge < -0.3 is 15.3 Å². The zero-order valence-corrected chi connectivity index (χ0v) is 10.3. The zero-order valence-electron chi connectivity index (χ0n) is 9.48. The van der Waals surface area contributed by atoms with E-state index in [1.54, 1.807) is 16.2 Å². The van der Waals surface area contributed by atoms with E-state index in [1.165, 1.54) is 0 Å². The molecule has 1 aromatic heterocycles. The Morgan fingerprint density at radius 1 is 1.56 bits per heavy atom. The molecule has 0 bridgehead atoms. The third kappa shape index (κ3) is 4.20. The molecule has 4 nitrogen and oxygen atoms in total. The molecule has 0 spiro atoms. The first-order valence-electron chi connectivity index (χ1n) is 5.44. The lowest BCUT2D eigenvalue weighted by molar-refractivity contribution is 0.177. The molecule has 0 radical (unpaired) electrons. The van der Waals surface area contributed by atoms with E-state index < -0.39 is 0 Å². The van der Waals surface area contributed by atoms with Gasteiger partial charge in [-0.15, -0.1) is 11.3 Å². The number of nitrogens with zero attached hydrogens (tertiary/aromatic N) is 1. The van der Waals surface area contributed by atoms with Gasteiger partial charge in [-0.2, -0.15) is 0 Å². The summed E-state index contributed by atoms with van der Waals surface area (Å²) in [6.45, 7) is 3.65. The molecule has 1 rings (SSSR count). The second kappa shape index (κ2) is 7.24. The zero-order chi connectivity index (χ0) is 11.8. The van der Waals surface area contributed by atoms with Crippen LogP contribution in [0.25, 0.3) is 0 Å². The average molecular weight is 242 g/mol. The molecule has 0 aromatic carbocycles. The van der Waals surface area contributed by atoms with Crippen LogP contribution in [0.4, 0.5) is 4.79 Å². The second-order valence-electron chi connectivity index (χ2n) is 3.45. The Bertz CT molecular complexity index is 295. The monoisotopic (exact) mass is 242 g/mol. The second-order valence-corrected chi connectivity index (χ2v) is 4.48. The van der Waals surface area contributed by atoms with Gasteiger partial charge in [-0.1, -0.05) is 13.0 Å². The van der Waals surface area contributed by atoms with Crippen LogP contribution >= 0.6 is 11.3 Å². The van der Waals surface area contributed by atoms with E-state index in [9.17, 15) is 4.79 Å². The van der Waals surface area contributed by atoms with Gasteiger partial charge in [-0.05, 0) is 17.9 Å². The van der Waals surface area contributed by atoms with Crippen molar-refractivity contribution in [2.45, 2.75) is 19.9 Å². The Hall–Kier alpha value is -1.07. The summed E-state index contributed by atoms with van der Waals surface area (Å²) >= 11 is 1.62. The molecule has 0 fully saturated rings. The number of aliphatic hydroxyl groups is 1. The lowest BCUT2D eigenvalue weighted by atomic mass is 10.4. The molecule has 2 amide bonds. The normalized spacial score (nSPS) is 10.1. The molecule has 1 heterocycles. The number of rotatable bonds is 6. The van der Waals surface area contributed by atoms with Crippen molar-refractivity contribution in [3.05, 3.63) is 22.4 Å². The summed E-state index contributed by atoms with van der Waals surface area (Å²) in [6, 6.07) is 3.84. The molecule has 16 heavy (non-hydrogen) atoms. The highest BCUT2D eigenvalue weighted by Gasteiger charge is 2.10. The van der Waals surface area contributed by atoms with E-state index in [-0.39, 0.29) is 12.6 Å². The predicted molar refractivity (Wildman–Crippen MR) is 65.5 cm³/mol. The molecule has 0 unspecified atom stereocenters. The van der Waals surface area contributed by atoms with E-state index in [0.29, 0.717) is 19.6 Å². The maximum Gasteiger partial charge on any atom is 0.317 e. The van der Waals surface area contributed by atoms with Gasteiger partial charge in [-0.3, -0.25) is 0 Å². The quantitative estimate of drug-likeness (QED) is 0.797. The fourth-order valence-corrected chi connectivity index (χ4v) is 2.04. The SMILES string of the molecule is CCCN(CCO)C(=O)NCc1cccs1. The first-order chi connectivity index (χ1) is 7.77. The number of hydrogen-bond acceptors (Lipinski definition) is 3. The van der Waals surface area contributed by atoms with Crippen LogP contribution in [0.15, 0.2) is 17.5 Å². The average Bonchev–Trinajstić information content (AvgIpc) is 2.78. The van der Waals surface area contributed by atoms with Crippen LogP contribution in [0.1, 0.15) is 18.2 Å². The third-order valence-corrected chi connectivity index (χ3v) is 3.02. The molecule has 2 N–H and O–H groups in total.